The van der Waals surface area contributed by atoms with Crippen LogP contribution in [0.15, 0.2) is 11.6 Å². The highest BCUT2D eigenvalue weighted by atomic mass is 14.3. The van der Waals surface area contributed by atoms with Crippen LogP contribution in [0.5, 0.6) is 0 Å². The minimum atomic E-state index is 0.309. The van der Waals surface area contributed by atoms with Crippen molar-refractivity contribution in [2.75, 3.05) is 0 Å². The largest absolute Gasteiger partial charge is 0.198 e. The fourth-order valence-electron chi connectivity index (χ4n) is 2.31. The predicted octanol–water partition coefficient (Wildman–Crippen LogP) is 3.28. The number of hydrogen-bond acceptors (Lipinski definition) is 1. The molecular formula is C11H17N. The van der Waals surface area contributed by atoms with Crippen LogP contribution in [0, 0.1) is 22.7 Å². The maximum atomic E-state index is 8.58. The minimum absolute atomic E-state index is 0.309. The molecule has 0 fully saturated rings. The average Bonchev–Trinajstić information content (AvgIpc) is 1.82. The smallest absolute Gasteiger partial charge is 0.0666 e. The molecule has 1 atom stereocenters. The molecule has 1 aliphatic carbocycles. The van der Waals surface area contributed by atoms with Gasteiger partial charge in [-0.05, 0) is 24.2 Å². The normalized spacial score (nSPS) is 27.5. The van der Waals surface area contributed by atoms with Crippen LogP contribution >= 0.6 is 0 Å². The van der Waals surface area contributed by atoms with E-state index in [0.717, 1.165) is 12.3 Å². The number of hydrogen-bond donors (Lipinski definition) is 0. The van der Waals surface area contributed by atoms with Gasteiger partial charge < -0.3 is 0 Å². The summed E-state index contributed by atoms with van der Waals surface area (Å²) in [5.41, 5.74) is 1.64. The summed E-state index contributed by atoms with van der Waals surface area (Å²) in [6.45, 7) is 6.77. The first-order valence-electron chi connectivity index (χ1n) is 4.61. The Kier molecular flexibility index (Phi) is 2.57. The van der Waals surface area contributed by atoms with Gasteiger partial charge in [0.25, 0.3) is 0 Å². The summed E-state index contributed by atoms with van der Waals surface area (Å²) in [6.07, 6.45) is 5.28. The molecule has 1 rings (SSSR count). The fraction of sp³-hybridized carbons (Fsp3) is 0.727. The Morgan fingerprint density at radius 2 is 2.33 bits per heavy atom. The van der Waals surface area contributed by atoms with Crippen molar-refractivity contribution in [1.82, 2.24) is 0 Å². The van der Waals surface area contributed by atoms with E-state index in [2.05, 4.69) is 32.9 Å². The van der Waals surface area contributed by atoms with Gasteiger partial charge in [-0.2, -0.15) is 5.26 Å². The molecule has 0 N–H and O–H groups in total. The Balaban J connectivity index is 2.75. The highest BCUT2D eigenvalue weighted by Crippen LogP contribution is 2.37. The molecule has 0 aromatic rings. The summed E-state index contributed by atoms with van der Waals surface area (Å²) < 4.78 is 0. The second-order valence-electron chi connectivity index (χ2n) is 4.64. The summed E-state index contributed by atoms with van der Waals surface area (Å²) in [5.74, 6) is 0.744. The van der Waals surface area contributed by atoms with E-state index >= 15 is 0 Å². The van der Waals surface area contributed by atoms with Gasteiger partial charge in [-0.1, -0.05) is 32.4 Å². The molecule has 0 bridgehead atoms. The molecule has 66 valence electrons. The van der Waals surface area contributed by atoms with Crippen LogP contribution in [0.3, 0.4) is 0 Å². The van der Waals surface area contributed by atoms with Crippen LogP contribution in [0.1, 0.15) is 40.0 Å². The lowest BCUT2D eigenvalue weighted by Gasteiger charge is -2.31. The Bertz CT molecular complexity index is 230. The van der Waals surface area contributed by atoms with Crippen molar-refractivity contribution >= 4 is 0 Å². The van der Waals surface area contributed by atoms with E-state index < -0.39 is 0 Å². The first-order chi connectivity index (χ1) is 5.53. The van der Waals surface area contributed by atoms with E-state index in [9.17, 15) is 0 Å². The van der Waals surface area contributed by atoms with Crippen molar-refractivity contribution in [3.63, 3.8) is 0 Å². The van der Waals surface area contributed by atoms with E-state index in [0.29, 0.717) is 11.8 Å². The van der Waals surface area contributed by atoms with Crippen LogP contribution in [-0.4, -0.2) is 0 Å². The zero-order valence-corrected chi connectivity index (χ0v) is 8.22. The van der Waals surface area contributed by atoms with Crippen molar-refractivity contribution < 1.29 is 0 Å². The molecule has 1 nitrogen and oxygen atoms in total. The molecule has 0 amide bonds. The molecule has 0 aromatic carbocycles. The molecule has 0 radical (unpaired) electrons. The predicted molar refractivity (Wildman–Crippen MR) is 50.5 cm³/mol. The number of nitrogens with zero attached hydrogens (tertiary/aromatic N) is 1. The monoisotopic (exact) mass is 163 g/mol. The minimum Gasteiger partial charge on any atom is -0.198 e. The zero-order chi connectivity index (χ0) is 9.19. The highest BCUT2D eigenvalue weighted by Gasteiger charge is 2.24. The van der Waals surface area contributed by atoms with Crippen LogP contribution < -0.4 is 0 Å². The Hall–Kier alpha value is -0.770. The van der Waals surface area contributed by atoms with Gasteiger partial charge >= 0.3 is 0 Å². The van der Waals surface area contributed by atoms with Gasteiger partial charge in [0, 0.05) is 0 Å². The summed E-state index contributed by atoms with van der Waals surface area (Å²) in [7, 11) is 0. The zero-order valence-electron chi connectivity index (χ0n) is 8.22. The molecule has 0 unspecified atom stereocenters. The molecule has 0 aromatic heterocycles. The van der Waals surface area contributed by atoms with Gasteiger partial charge in [0.1, 0.15) is 0 Å². The van der Waals surface area contributed by atoms with Gasteiger partial charge in [-0.15, -0.1) is 0 Å². The Morgan fingerprint density at radius 3 is 2.83 bits per heavy atom. The fourth-order valence-corrected chi connectivity index (χ4v) is 2.31. The molecule has 0 heterocycles. The molecule has 0 saturated carbocycles. The third-order valence-electron chi connectivity index (χ3n) is 2.39. The van der Waals surface area contributed by atoms with Crippen molar-refractivity contribution in [2.45, 2.75) is 40.0 Å². The highest BCUT2D eigenvalue weighted by molar-refractivity contribution is 5.16. The van der Waals surface area contributed by atoms with E-state index in [1.807, 2.05) is 0 Å². The van der Waals surface area contributed by atoms with Crippen molar-refractivity contribution in [3.8, 4) is 6.07 Å². The van der Waals surface area contributed by atoms with Crippen LogP contribution in [0.2, 0.25) is 0 Å². The van der Waals surface area contributed by atoms with Gasteiger partial charge in [-0.3, -0.25) is 0 Å². The summed E-state index contributed by atoms with van der Waals surface area (Å²) >= 11 is 0. The summed E-state index contributed by atoms with van der Waals surface area (Å²) in [5, 5.41) is 8.58. The number of allylic oxidation sites excluding steroid dienone is 2. The van der Waals surface area contributed by atoms with Crippen LogP contribution in [-0.2, 0) is 0 Å². The SMILES string of the molecule is C[C@@H]1CC(CC#N)=CC(C)(C)C1. The molecule has 0 spiro atoms. The van der Waals surface area contributed by atoms with Gasteiger partial charge in [0.05, 0.1) is 12.5 Å². The van der Waals surface area contributed by atoms with Gasteiger partial charge in [0.15, 0.2) is 0 Å². The topological polar surface area (TPSA) is 23.8 Å². The standard InChI is InChI=1S/C11H17N/c1-9-6-10(4-5-12)8-11(2,3)7-9/h8-9H,4,6-7H2,1-3H3/t9-/m1/s1. The van der Waals surface area contributed by atoms with Gasteiger partial charge in [-0.25, -0.2) is 0 Å². The van der Waals surface area contributed by atoms with E-state index in [1.54, 1.807) is 0 Å². The first kappa shape index (κ1) is 9.32. The van der Waals surface area contributed by atoms with E-state index in [-0.39, 0.29) is 0 Å². The van der Waals surface area contributed by atoms with Crippen LogP contribution in [0.25, 0.3) is 0 Å². The Morgan fingerprint density at radius 1 is 1.67 bits per heavy atom. The maximum Gasteiger partial charge on any atom is 0.0666 e. The number of nitriles is 1. The summed E-state index contributed by atoms with van der Waals surface area (Å²) in [4.78, 5) is 0. The van der Waals surface area contributed by atoms with Crippen LogP contribution in [0.4, 0.5) is 0 Å². The van der Waals surface area contributed by atoms with Gasteiger partial charge in [0.2, 0.25) is 0 Å². The van der Waals surface area contributed by atoms with Crippen molar-refractivity contribution in [2.24, 2.45) is 11.3 Å². The lowest BCUT2D eigenvalue weighted by Crippen LogP contribution is -2.19. The third-order valence-corrected chi connectivity index (χ3v) is 2.39. The number of rotatable bonds is 1. The summed E-state index contributed by atoms with van der Waals surface area (Å²) in [6, 6.07) is 2.23. The molecule has 1 aliphatic rings. The van der Waals surface area contributed by atoms with E-state index in [4.69, 9.17) is 5.26 Å². The maximum absolute atomic E-state index is 8.58. The molecule has 12 heavy (non-hydrogen) atoms. The quantitative estimate of drug-likeness (QED) is 0.544. The van der Waals surface area contributed by atoms with E-state index in [1.165, 1.54) is 12.0 Å². The molecule has 0 saturated heterocycles. The lowest BCUT2D eigenvalue weighted by atomic mass is 9.74. The molecule has 0 aliphatic heterocycles. The van der Waals surface area contributed by atoms with Crippen molar-refractivity contribution in [1.29, 1.82) is 5.26 Å². The Labute approximate surface area is 75.1 Å². The second kappa shape index (κ2) is 3.31. The first-order valence-corrected chi connectivity index (χ1v) is 4.61. The second-order valence-corrected chi connectivity index (χ2v) is 4.64. The van der Waals surface area contributed by atoms with Crippen molar-refractivity contribution in [3.05, 3.63) is 11.6 Å². The molecular weight excluding hydrogens is 146 g/mol. The molecule has 1 heteroatoms. The lowest BCUT2D eigenvalue weighted by molar-refractivity contribution is 0.321. The average molecular weight is 163 g/mol. The third kappa shape index (κ3) is 2.37.